The minimum atomic E-state index is -0.492. The van der Waals surface area contributed by atoms with Crippen molar-refractivity contribution in [3.05, 3.63) is 47.8 Å². The molecule has 0 unspecified atom stereocenters. The Bertz CT molecular complexity index is 802. The minimum Gasteiger partial charge on any atom is -0.383 e. The van der Waals surface area contributed by atoms with Crippen LogP contribution in [0, 0.1) is 12.8 Å². The number of pyridine rings is 1. The van der Waals surface area contributed by atoms with Gasteiger partial charge in [-0.05, 0) is 18.6 Å². The lowest BCUT2D eigenvalue weighted by Gasteiger charge is -2.27. The molecule has 1 aliphatic heterocycles. The van der Waals surface area contributed by atoms with Gasteiger partial charge in [0.15, 0.2) is 0 Å². The molecule has 144 valence electrons. The Labute approximate surface area is 158 Å². The summed E-state index contributed by atoms with van der Waals surface area (Å²) in [5.41, 5.74) is 1.85. The Kier molecular flexibility index (Phi) is 5.85. The highest BCUT2D eigenvalue weighted by Gasteiger charge is 2.46. The van der Waals surface area contributed by atoms with E-state index in [0.29, 0.717) is 25.5 Å². The molecule has 0 saturated carbocycles. The third-order valence-electron chi connectivity index (χ3n) is 4.87. The van der Waals surface area contributed by atoms with Gasteiger partial charge in [0, 0.05) is 58.0 Å². The monoisotopic (exact) mass is 371 g/mol. The van der Waals surface area contributed by atoms with E-state index in [2.05, 4.69) is 15.3 Å². The highest BCUT2D eigenvalue weighted by atomic mass is 16.5. The number of nitrogens with zero attached hydrogens (tertiary/aromatic N) is 4. The van der Waals surface area contributed by atoms with E-state index in [0.717, 1.165) is 11.3 Å². The van der Waals surface area contributed by atoms with Crippen LogP contribution in [-0.4, -0.2) is 51.5 Å². The molecular formula is C19H25N5O3. The first-order valence-electron chi connectivity index (χ1n) is 8.96. The van der Waals surface area contributed by atoms with Crippen molar-refractivity contribution in [3.8, 4) is 0 Å². The molecule has 8 nitrogen and oxygen atoms in total. The zero-order valence-electron chi connectivity index (χ0n) is 15.9. The summed E-state index contributed by atoms with van der Waals surface area (Å²) in [4.78, 5) is 35.8. The number of carbonyl (C=O) groups excluding carboxylic acids is 2. The quantitative estimate of drug-likeness (QED) is 0.784. The molecule has 0 spiro atoms. The van der Waals surface area contributed by atoms with Crippen LogP contribution in [0.4, 0.5) is 0 Å². The van der Waals surface area contributed by atoms with Gasteiger partial charge in [-0.25, -0.2) is 4.98 Å². The zero-order chi connectivity index (χ0) is 19.4. The van der Waals surface area contributed by atoms with Gasteiger partial charge in [-0.2, -0.15) is 0 Å². The summed E-state index contributed by atoms with van der Waals surface area (Å²) in [5, 5.41) is 2.94. The van der Waals surface area contributed by atoms with Crippen LogP contribution in [0.1, 0.15) is 29.5 Å². The second-order valence-electron chi connectivity index (χ2n) is 6.76. The van der Waals surface area contributed by atoms with E-state index < -0.39 is 12.0 Å². The van der Waals surface area contributed by atoms with Crippen molar-refractivity contribution >= 4 is 11.8 Å². The highest BCUT2D eigenvalue weighted by molar-refractivity contribution is 5.90. The van der Waals surface area contributed by atoms with Crippen LogP contribution in [-0.2, 0) is 27.9 Å². The molecule has 1 N–H and O–H groups in total. The minimum absolute atomic E-state index is 0.0581. The fourth-order valence-corrected chi connectivity index (χ4v) is 3.38. The number of nitrogens with one attached hydrogen (secondary N) is 1. The topological polar surface area (TPSA) is 89.3 Å². The predicted molar refractivity (Wildman–Crippen MR) is 98.5 cm³/mol. The van der Waals surface area contributed by atoms with Crippen LogP contribution in [0.2, 0.25) is 0 Å². The van der Waals surface area contributed by atoms with Gasteiger partial charge in [0.1, 0.15) is 11.9 Å². The van der Waals surface area contributed by atoms with E-state index in [1.54, 1.807) is 24.4 Å². The molecule has 2 amide bonds. The van der Waals surface area contributed by atoms with E-state index >= 15 is 0 Å². The van der Waals surface area contributed by atoms with Crippen molar-refractivity contribution in [1.82, 2.24) is 24.8 Å². The number of likely N-dealkylation sites (tertiary alicyclic amines) is 1. The Morgan fingerprint density at radius 3 is 2.81 bits per heavy atom. The SMILES string of the molecule is COCCN1C(=O)C[C@H](C(=O)NCc2ccc(C)nc2)[C@H]1c1nccn1C. The molecule has 1 aliphatic rings. The van der Waals surface area contributed by atoms with Gasteiger partial charge in [-0.1, -0.05) is 6.07 Å². The molecule has 1 saturated heterocycles. The van der Waals surface area contributed by atoms with Crippen LogP contribution >= 0.6 is 0 Å². The first-order valence-corrected chi connectivity index (χ1v) is 8.96. The van der Waals surface area contributed by atoms with Crippen molar-refractivity contribution in [2.24, 2.45) is 13.0 Å². The van der Waals surface area contributed by atoms with E-state index in [9.17, 15) is 9.59 Å². The fraction of sp³-hybridized carbons (Fsp3) is 0.474. The lowest BCUT2D eigenvalue weighted by atomic mass is 9.98. The van der Waals surface area contributed by atoms with Crippen molar-refractivity contribution in [2.75, 3.05) is 20.3 Å². The number of aryl methyl sites for hydroxylation is 2. The molecule has 0 radical (unpaired) electrons. The Morgan fingerprint density at radius 1 is 1.37 bits per heavy atom. The summed E-state index contributed by atoms with van der Waals surface area (Å²) in [5.74, 6) is -0.00277. The number of hydrogen-bond acceptors (Lipinski definition) is 5. The Hall–Kier alpha value is -2.74. The summed E-state index contributed by atoms with van der Waals surface area (Å²) in [6.45, 7) is 3.13. The van der Waals surface area contributed by atoms with Crippen LogP contribution in [0.3, 0.4) is 0 Å². The molecule has 0 bridgehead atoms. The second-order valence-corrected chi connectivity index (χ2v) is 6.76. The molecule has 27 heavy (non-hydrogen) atoms. The molecule has 2 aromatic rings. The van der Waals surface area contributed by atoms with Crippen molar-refractivity contribution in [3.63, 3.8) is 0 Å². The third kappa shape index (κ3) is 4.16. The standard InChI is InChI=1S/C19H25N5O3/c1-13-4-5-14(11-21-13)12-22-19(26)15-10-16(25)24(8-9-27-3)17(15)18-20-6-7-23(18)2/h4-7,11,15,17H,8-10,12H2,1-3H3,(H,22,26)/t15-,17-/m0/s1. The molecule has 3 rings (SSSR count). The van der Waals surface area contributed by atoms with Gasteiger partial charge in [0.2, 0.25) is 11.8 Å². The van der Waals surface area contributed by atoms with Gasteiger partial charge in [0.05, 0.1) is 12.5 Å². The van der Waals surface area contributed by atoms with Gasteiger partial charge >= 0.3 is 0 Å². The average molecular weight is 371 g/mol. The van der Waals surface area contributed by atoms with Crippen LogP contribution in [0.15, 0.2) is 30.7 Å². The number of carbonyl (C=O) groups is 2. The lowest BCUT2D eigenvalue weighted by molar-refractivity contribution is -0.129. The fourth-order valence-electron chi connectivity index (χ4n) is 3.38. The Balaban J connectivity index is 1.77. The van der Waals surface area contributed by atoms with Crippen LogP contribution < -0.4 is 5.32 Å². The largest absolute Gasteiger partial charge is 0.383 e. The van der Waals surface area contributed by atoms with Crippen molar-refractivity contribution in [1.29, 1.82) is 0 Å². The third-order valence-corrected chi connectivity index (χ3v) is 4.87. The van der Waals surface area contributed by atoms with E-state index in [1.165, 1.54) is 0 Å². The maximum atomic E-state index is 12.9. The summed E-state index contributed by atoms with van der Waals surface area (Å²) < 4.78 is 6.98. The Morgan fingerprint density at radius 2 is 2.19 bits per heavy atom. The van der Waals surface area contributed by atoms with Crippen molar-refractivity contribution < 1.29 is 14.3 Å². The molecule has 2 atom stereocenters. The van der Waals surface area contributed by atoms with Crippen LogP contribution in [0.25, 0.3) is 0 Å². The molecule has 1 fully saturated rings. The predicted octanol–water partition coefficient (Wildman–Crippen LogP) is 0.976. The molecular weight excluding hydrogens is 346 g/mol. The molecule has 2 aromatic heterocycles. The number of rotatable bonds is 7. The summed E-state index contributed by atoms with van der Waals surface area (Å²) in [6.07, 6.45) is 5.41. The molecule has 8 heteroatoms. The van der Waals surface area contributed by atoms with Gasteiger partial charge in [-0.3, -0.25) is 14.6 Å². The molecule has 0 aliphatic carbocycles. The second kappa shape index (κ2) is 8.30. The lowest BCUT2D eigenvalue weighted by Crippen LogP contribution is -2.37. The number of ether oxygens (including phenoxy) is 1. The van der Waals surface area contributed by atoms with E-state index in [-0.39, 0.29) is 18.2 Å². The van der Waals surface area contributed by atoms with Gasteiger partial charge in [-0.15, -0.1) is 0 Å². The van der Waals surface area contributed by atoms with Crippen molar-refractivity contribution in [2.45, 2.75) is 25.9 Å². The number of methoxy groups -OCH3 is 1. The average Bonchev–Trinajstić information content (AvgIpc) is 3.21. The number of amides is 2. The summed E-state index contributed by atoms with van der Waals surface area (Å²) >= 11 is 0. The first kappa shape index (κ1) is 19.0. The maximum absolute atomic E-state index is 12.9. The number of imidazole rings is 1. The van der Waals surface area contributed by atoms with Gasteiger partial charge in [0.25, 0.3) is 0 Å². The highest BCUT2D eigenvalue weighted by Crippen LogP contribution is 2.37. The molecule has 3 heterocycles. The molecule has 0 aromatic carbocycles. The van der Waals surface area contributed by atoms with Gasteiger partial charge < -0.3 is 19.5 Å². The van der Waals surface area contributed by atoms with Crippen LogP contribution in [0.5, 0.6) is 0 Å². The number of hydrogen-bond donors (Lipinski definition) is 1. The summed E-state index contributed by atoms with van der Waals surface area (Å²) in [6, 6.07) is 3.44. The summed E-state index contributed by atoms with van der Waals surface area (Å²) in [7, 11) is 3.46. The number of aromatic nitrogens is 3. The normalized spacial score (nSPS) is 19.5. The first-order chi connectivity index (χ1) is 13.0. The maximum Gasteiger partial charge on any atom is 0.226 e. The smallest absolute Gasteiger partial charge is 0.226 e. The van der Waals surface area contributed by atoms with E-state index in [4.69, 9.17) is 4.74 Å². The van der Waals surface area contributed by atoms with E-state index in [1.807, 2.05) is 36.9 Å². The zero-order valence-corrected chi connectivity index (χ0v) is 15.9.